The predicted molar refractivity (Wildman–Crippen MR) is 135 cm³/mol. The van der Waals surface area contributed by atoms with Crippen LogP contribution in [0.25, 0.3) is 11.1 Å². The lowest BCUT2D eigenvalue weighted by molar-refractivity contribution is -0.117. The molecular weight excluding hydrogens is 450 g/mol. The minimum Gasteiger partial charge on any atom is -0.345 e. The molecule has 6 nitrogen and oxygen atoms in total. The number of amides is 3. The molecule has 0 aliphatic carbocycles. The van der Waals surface area contributed by atoms with Crippen LogP contribution in [-0.2, 0) is 9.59 Å². The van der Waals surface area contributed by atoms with Crippen LogP contribution in [0, 0.1) is 0 Å². The molecule has 0 saturated heterocycles. The lowest BCUT2D eigenvalue weighted by Crippen LogP contribution is -2.45. The smallest absolute Gasteiger partial charge is 0.251 e. The molecule has 0 spiro atoms. The second-order valence-corrected chi connectivity index (χ2v) is 8.98. The van der Waals surface area contributed by atoms with Crippen molar-refractivity contribution >= 4 is 40.7 Å². The number of carbonyl (C=O) groups excluding carboxylic acids is 3. The maximum Gasteiger partial charge on any atom is 0.251 e. The molecule has 0 saturated carbocycles. The Bertz CT molecular complexity index is 1260. The molecule has 1 aliphatic rings. The van der Waals surface area contributed by atoms with E-state index in [0.717, 1.165) is 22.4 Å². The van der Waals surface area contributed by atoms with Crippen LogP contribution in [0.4, 0.5) is 11.4 Å². The van der Waals surface area contributed by atoms with E-state index in [9.17, 15) is 14.4 Å². The van der Waals surface area contributed by atoms with Crippen molar-refractivity contribution in [3.63, 3.8) is 0 Å². The molecule has 0 fully saturated rings. The third-order valence-corrected chi connectivity index (χ3v) is 6.20. The van der Waals surface area contributed by atoms with Gasteiger partial charge in [0.2, 0.25) is 11.8 Å². The van der Waals surface area contributed by atoms with E-state index < -0.39 is 0 Å². The van der Waals surface area contributed by atoms with Gasteiger partial charge in [0.05, 0.1) is 6.04 Å². The number of rotatable bonds is 4. The van der Waals surface area contributed by atoms with Gasteiger partial charge in [0.15, 0.2) is 0 Å². The zero-order valence-corrected chi connectivity index (χ0v) is 20.0. The van der Waals surface area contributed by atoms with Crippen LogP contribution >= 0.6 is 11.6 Å². The van der Waals surface area contributed by atoms with E-state index in [4.69, 9.17) is 11.6 Å². The summed E-state index contributed by atoms with van der Waals surface area (Å²) in [6, 6.07) is 19.9. The molecule has 0 unspecified atom stereocenters. The third kappa shape index (κ3) is 4.97. The second-order valence-electron chi connectivity index (χ2n) is 8.54. The van der Waals surface area contributed by atoms with Gasteiger partial charge in [-0.1, -0.05) is 29.8 Å². The minimum atomic E-state index is -0.276. The summed E-state index contributed by atoms with van der Waals surface area (Å²) in [6.45, 7) is 5.01. The van der Waals surface area contributed by atoms with Gasteiger partial charge in [0.1, 0.15) is 0 Å². The van der Waals surface area contributed by atoms with Gasteiger partial charge in [-0.15, -0.1) is 0 Å². The Morgan fingerprint density at radius 1 is 0.941 bits per heavy atom. The number of nitrogens with one attached hydrogen (secondary N) is 2. The first-order valence-corrected chi connectivity index (χ1v) is 11.5. The maximum absolute atomic E-state index is 13.0. The topological polar surface area (TPSA) is 78.5 Å². The van der Waals surface area contributed by atoms with E-state index in [1.807, 2.05) is 49.4 Å². The van der Waals surface area contributed by atoms with Crippen molar-refractivity contribution in [1.29, 1.82) is 0 Å². The van der Waals surface area contributed by atoms with E-state index >= 15 is 0 Å². The van der Waals surface area contributed by atoms with Crippen LogP contribution < -0.4 is 15.5 Å². The second kappa shape index (κ2) is 9.69. The standard InChI is InChI=1S/C27H26ClN3O3/c1-16-13-25(30-27(34)19-7-10-22(28)11-8-19)24-15-21(9-12-26(24)31(16)18(3)33)20-5-4-6-23(14-20)29-17(2)32/h4-12,14-16,25H,13H2,1-3H3,(H,29,32)(H,30,34)/t16-,25+/m0/s1. The first kappa shape index (κ1) is 23.5. The number of carbonyl (C=O) groups is 3. The number of fused-ring (bicyclic) bond motifs is 1. The van der Waals surface area contributed by atoms with Gasteiger partial charge in [-0.2, -0.15) is 0 Å². The van der Waals surface area contributed by atoms with Crippen LogP contribution in [0.5, 0.6) is 0 Å². The van der Waals surface area contributed by atoms with E-state index in [-0.39, 0.29) is 29.8 Å². The molecule has 1 aliphatic heterocycles. The molecule has 4 rings (SSSR count). The predicted octanol–water partition coefficient (Wildman–Crippen LogP) is 5.58. The molecule has 2 N–H and O–H groups in total. The fourth-order valence-corrected chi connectivity index (χ4v) is 4.61. The van der Waals surface area contributed by atoms with Gasteiger partial charge < -0.3 is 15.5 Å². The van der Waals surface area contributed by atoms with Crippen LogP contribution in [0.15, 0.2) is 66.7 Å². The lowest BCUT2D eigenvalue weighted by atomic mass is 9.88. The first-order chi connectivity index (χ1) is 16.2. The monoisotopic (exact) mass is 475 g/mol. The van der Waals surface area contributed by atoms with Crippen molar-refractivity contribution in [2.24, 2.45) is 0 Å². The molecule has 0 aromatic heterocycles. The molecule has 7 heteroatoms. The van der Waals surface area contributed by atoms with Crippen molar-refractivity contribution < 1.29 is 14.4 Å². The summed E-state index contributed by atoms with van der Waals surface area (Å²) in [7, 11) is 0. The molecule has 1 heterocycles. The minimum absolute atomic E-state index is 0.0448. The van der Waals surface area contributed by atoms with Crippen molar-refractivity contribution in [1.82, 2.24) is 5.32 Å². The molecule has 0 radical (unpaired) electrons. The van der Waals surface area contributed by atoms with Gasteiger partial charge in [-0.25, -0.2) is 0 Å². The molecule has 0 bridgehead atoms. The Hall–Kier alpha value is -3.64. The summed E-state index contributed by atoms with van der Waals surface area (Å²) in [5.74, 6) is -0.385. The molecule has 34 heavy (non-hydrogen) atoms. The summed E-state index contributed by atoms with van der Waals surface area (Å²) < 4.78 is 0. The maximum atomic E-state index is 13.0. The van der Waals surface area contributed by atoms with E-state index in [2.05, 4.69) is 10.6 Å². The molecular formula is C27H26ClN3O3. The van der Waals surface area contributed by atoms with Crippen molar-refractivity contribution in [2.75, 3.05) is 10.2 Å². The number of hydrogen-bond acceptors (Lipinski definition) is 3. The largest absolute Gasteiger partial charge is 0.345 e. The Kier molecular flexibility index (Phi) is 6.70. The number of halogens is 1. The highest BCUT2D eigenvalue weighted by Crippen LogP contribution is 2.40. The Morgan fingerprint density at radius 2 is 1.65 bits per heavy atom. The van der Waals surface area contributed by atoms with Crippen molar-refractivity contribution in [3.8, 4) is 11.1 Å². The Morgan fingerprint density at radius 3 is 2.32 bits per heavy atom. The number of hydrogen-bond donors (Lipinski definition) is 2. The highest BCUT2D eigenvalue weighted by atomic mass is 35.5. The summed E-state index contributed by atoms with van der Waals surface area (Å²) >= 11 is 5.96. The van der Waals surface area contributed by atoms with Crippen LogP contribution in [0.3, 0.4) is 0 Å². The summed E-state index contributed by atoms with van der Waals surface area (Å²) in [4.78, 5) is 38.7. The molecule has 3 amide bonds. The normalized spacial score (nSPS) is 17.0. The van der Waals surface area contributed by atoms with Crippen LogP contribution in [-0.4, -0.2) is 23.8 Å². The average molecular weight is 476 g/mol. The first-order valence-electron chi connectivity index (χ1n) is 11.1. The van der Waals surface area contributed by atoms with Gasteiger partial charge in [-0.3, -0.25) is 14.4 Å². The highest BCUT2D eigenvalue weighted by molar-refractivity contribution is 6.30. The Labute approximate surface area is 203 Å². The fraction of sp³-hybridized carbons (Fsp3) is 0.222. The fourth-order valence-electron chi connectivity index (χ4n) is 4.48. The van der Waals surface area contributed by atoms with Crippen LogP contribution in [0.2, 0.25) is 5.02 Å². The number of nitrogens with zero attached hydrogens (tertiary/aromatic N) is 1. The number of anilines is 2. The zero-order chi connectivity index (χ0) is 24.4. The van der Waals surface area contributed by atoms with E-state index in [0.29, 0.717) is 22.7 Å². The molecule has 3 aromatic carbocycles. The van der Waals surface area contributed by atoms with Crippen LogP contribution in [0.1, 0.15) is 49.2 Å². The quantitative estimate of drug-likeness (QED) is 0.517. The molecule has 174 valence electrons. The lowest BCUT2D eigenvalue weighted by Gasteiger charge is -2.39. The average Bonchev–Trinajstić information content (AvgIpc) is 2.78. The van der Waals surface area contributed by atoms with Gasteiger partial charge in [0, 0.05) is 41.9 Å². The summed E-state index contributed by atoms with van der Waals surface area (Å²) in [6.07, 6.45) is 0.585. The summed E-state index contributed by atoms with van der Waals surface area (Å²) in [5, 5.41) is 6.51. The summed E-state index contributed by atoms with van der Waals surface area (Å²) in [5.41, 5.74) is 4.73. The number of benzene rings is 3. The SMILES string of the molecule is CC(=O)Nc1cccc(-c2ccc3c(c2)[C@H](NC(=O)c2ccc(Cl)cc2)C[C@H](C)N3C(C)=O)c1. The van der Waals surface area contributed by atoms with E-state index in [1.54, 1.807) is 36.1 Å². The van der Waals surface area contributed by atoms with Gasteiger partial charge in [0.25, 0.3) is 5.91 Å². The molecule has 3 aromatic rings. The van der Waals surface area contributed by atoms with Crippen molar-refractivity contribution in [3.05, 3.63) is 82.9 Å². The van der Waals surface area contributed by atoms with E-state index in [1.165, 1.54) is 6.92 Å². The van der Waals surface area contributed by atoms with Gasteiger partial charge >= 0.3 is 0 Å². The van der Waals surface area contributed by atoms with Crippen molar-refractivity contribution in [2.45, 2.75) is 39.3 Å². The Balaban J connectivity index is 1.72. The van der Waals surface area contributed by atoms with Gasteiger partial charge in [-0.05, 0) is 78.6 Å². The zero-order valence-electron chi connectivity index (χ0n) is 19.3. The molecule has 2 atom stereocenters. The third-order valence-electron chi connectivity index (χ3n) is 5.95. The highest BCUT2D eigenvalue weighted by Gasteiger charge is 2.33.